The highest BCUT2D eigenvalue weighted by Crippen LogP contribution is 2.38. The monoisotopic (exact) mass is 290 g/mol. The highest BCUT2D eigenvalue weighted by Gasteiger charge is 2.30. The number of hydrogen-bond donors (Lipinski definition) is 1. The van der Waals surface area contributed by atoms with Gasteiger partial charge in [-0.3, -0.25) is 4.79 Å². The number of carbonyl (C=O) groups excluding carboxylic acids is 1. The number of amides is 1. The lowest BCUT2D eigenvalue weighted by Crippen LogP contribution is -2.43. The molecule has 3 nitrogen and oxygen atoms in total. The second-order valence-corrected chi connectivity index (χ2v) is 7.04. The van der Waals surface area contributed by atoms with E-state index in [1.165, 1.54) is 24.2 Å². The molecule has 2 aliphatic rings. The van der Waals surface area contributed by atoms with E-state index in [1.807, 2.05) is 17.9 Å². The summed E-state index contributed by atoms with van der Waals surface area (Å²) in [5, 5.41) is 3.60. The molecule has 20 heavy (non-hydrogen) atoms. The number of nitrogens with zero attached hydrogens (tertiary/aromatic N) is 1. The summed E-state index contributed by atoms with van der Waals surface area (Å²) in [6, 6.07) is 8.84. The van der Waals surface area contributed by atoms with E-state index >= 15 is 0 Å². The molecule has 0 aliphatic carbocycles. The predicted molar refractivity (Wildman–Crippen MR) is 84.4 cm³/mol. The zero-order valence-corrected chi connectivity index (χ0v) is 12.8. The van der Waals surface area contributed by atoms with E-state index in [2.05, 4.69) is 23.5 Å². The minimum Gasteiger partial charge on any atom is -0.314 e. The molecular formula is C16H22N2OS. The maximum Gasteiger partial charge on any atom is 0.240 e. The van der Waals surface area contributed by atoms with Crippen molar-refractivity contribution in [1.82, 2.24) is 5.32 Å². The molecule has 0 bridgehead atoms. The number of rotatable bonds is 3. The average molecular weight is 290 g/mol. The lowest BCUT2D eigenvalue weighted by Gasteiger charge is -2.34. The van der Waals surface area contributed by atoms with Crippen LogP contribution in [0.5, 0.6) is 0 Å². The summed E-state index contributed by atoms with van der Waals surface area (Å²) in [6.45, 7) is 3.97. The molecule has 2 atom stereocenters. The Morgan fingerprint density at radius 1 is 1.35 bits per heavy atom. The molecule has 0 spiro atoms. The van der Waals surface area contributed by atoms with Crippen LogP contribution in [0, 0.1) is 0 Å². The van der Waals surface area contributed by atoms with Gasteiger partial charge in [-0.25, -0.2) is 0 Å². The summed E-state index contributed by atoms with van der Waals surface area (Å²) >= 11 is 1.68. The topological polar surface area (TPSA) is 32.3 Å². The van der Waals surface area contributed by atoms with E-state index in [-0.39, 0.29) is 11.2 Å². The standard InChI is InChI=1S/C16H22N2OS/c1-12-16(19)18(11-9-13-6-4-5-10-17-13)14-7-2-3-8-15(14)20-12/h2-3,7-8,12-13,17H,4-6,9-11H2,1H3. The number of nitrogens with one attached hydrogen (secondary N) is 1. The van der Waals surface area contributed by atoms with Crippen molar-refractivity contribution in [3.63, 3.8) is 0 Å². The minimum atomic E-state index is 0.0317. The van der Waals surface area contributed by atoms with Crippen molar-refractivity contribution >= 4 is 23.4 Å². The molecule has 0 radical (unpaired) electrons. The molecule has 1 amide bonds. The third-order valence-corrected chi connectivity index (χ3v) is 5.34. The van der Waals surface area contributed by atoms with Gasteiger partial charge in [0.2, 0.25) is 5.91 Å². The Bertz CT molecular complexity index is 485. The second-order valence-electron chi connectivity index (χ2n) is 5.65. The minimum absolute atomic E-state index is 0.0317. The summed E-state index contributed by atoms with van der Waals surface area (Å²) in [7, 11) is 0. The maximum atomic E-state index is 12.4. The zero-order valence-electron chi connectivity index (χ0n) is 12.0. The number of anilines is 1. The molecule has 1 aromatic rings. The van der Waals surface area contributed by atoms with Crippen LogP contribution in [0.25, 0.3) is 0 Å². The second kappa shape index (κ2) is 6.19. The van der Waals surface area contributed by atoms with Gasteiger partial charge in [0.25, 0.3) is 0 Å². The van der Waals surface area contributed by atoms with Crippen LogP contribution < -0.4 is 10.2 Å². The number of hydrogen-bond acceptors (Lipinski definition) is 3. The van der Waals surface area contributed by atoms with E-state index in [9.17, 15) is 4.79 Å². The van der Waals surface area contributed by atoms with Crippen LogP contribution in [0.3, 0.4) is 0 Å². The van der Waals surface area contributed by atoms with Crippen LogP contribution in [0.2, 0.25) is 0 Å². The maximum absolute atomic E-state index is 12.4. The van der Waals surface area contributed by atoms with Crippen molar-refractivity contribution < 1.29 is 4.79 Å². The third kappa shape index (κ3) is 2.86. The number of para-hydroxylation sites is 1. The molecule has 3 rings (SSSR count). The smallest absolute Gasteiger partial charge is 0.240 e. The van der Waals surface area contributed by atoms with Crippen molar-refractivity contribution in [3.05, 3.63) is 24.3 Å². The quantitative estimate of drug-likeness (QED) is 0.928. The summed E-state index contributed by atoms with van der Waals surface area (Å²) in [5.74, 6) is 0.254. The molecule has 1 aromatic carbocycles. The Hall–Kier alpha value is -1.00. The van der Waals surface area contributed by atoms with Gasteiger partial charge in [0.05, 0.1) is 10.9 Å². The number of benzene rings is 1. The van der Waals surface area contributed by atoms with Crippen LogP contribution in [-0.2, 0) is 4.79 Å². The highest BCUT2D eigenvalue weighted by molar-refractivity contribution is 8.00. The molecule has 108 valence electrons. The normalized spacial score (nSPS) is 26.4. The lowest BCUT2D eigenvalue weighted by molar-refractivity contribution is -0.118. The highest BCUT2D eigenvalue weighted by atomic mass is 32.2. The molecule has 2 heterocycles. The molecule has 1 fully saturated rings. The summed E-state index contributed by atoms with van der Waals surface area (Å²) in [6.07, 6.45) is 4.90. The van der Waals surface area contributed by atoms with Gasteiger partial charge >= 0.3 is 0 Å². The van der Waals surface area contributed by atoms with E-state index in [0.29, 0.717) is 6.04 Å². The van der Waals surface area contributed by atoms with Crippen molar-refractivity contribution in [3.8, 4) is 0 Å². The molecule has 2 aliphatic heterocycles. The van der Waals surface area contributed by atoms with Gasteiger partial charge in [0.15, 0.2) is 0 Å². The van der Waals surface area contributed by atoms with Crippen LogP contribution in [0.1, 0.15) is 32.6 Å². The molecular weight excluding hydrogens is 268 g/mol. The third-order valence-electron chi connectivity index (χ3n) is 4.19. The Balaban J connectivity index is 1.72. The summed E-state index contributed by atoms with van der Waals surface area (Å²) in [5.41, 5.74) is 1.09. The largest absolute Gasteiger partial charge is 0.314 e. The first-order valence-corrected chi connectivity index (χ1v) is 8.44. The van der Waals surface area contributed by atoms with Crippen molar-refractivity contribution in [2.24, 2.45) is 0 Å². The average Bonchev–Trinajstić information content (AvgIpc) is 2.49. The number of piperidine rings is 1. The van der Waals surface area contributed by atoms with Gasteiger partial charge < -0.3 is 10.2 Å². The molecule has 0 saturated carbocycles. The van der Waals surface area contributed by atoms with E-state index in [0.717, 1.165) is 25.2 Å². The molecule has 1 N–H and O–H groups in total. The van der Waals surface area contributed by atoms with Gasteiger partial charge in [-0.1, -0.05) is 18.6 Å². The Kier molecular flexibility index (Phi) is 4.32. The lowest BCUT2D eigenvalue weighted by atomic mass is 10.0. The van der Waals surface area contributed by atoms with Crippen LogP contribution in [0.15, 0.2) is 29.2 Å². The van der Waals surface area contributed by atoms with Gasteiger partial charge in [0.1, 0.15) is 0 Å². The first kappa shape index (κ1) is 14.0. The molecule has 1 saturated heterocycles. The fraction of sp³-hybridized carbons (Fsp3) is 0.562. The fourth-order valence-electron chi connectivity index (χ4n) is 3.04. The van der Waals surface area contributed by atoms with E-state index in [1.54, 1.807) is 11.8 Å². The molecule has 2 unspecified atom stereocenters. The van der Waals surface area contributed by atoms with Gasteiger partial charge in [-0.2, -0.15) is 0 Å². The Morgan fingerprint density at radius 3 is 3.00 bits per heavy atom. The van der Waals surface area contributed by atoms with E-state index in [4.69, 9.17) is 0 Å². The summed E-state index contributed by atoms with van der Waals surface area (Å²) in [4.78, 5) is 15.7. The molecule has 4 heteroatoms. The van der Waals surface area contributed by atoms with Crippen molar-refractivity contribution in [2.45, 2.75) is 48.8 Å². The van der Waals surface area contributed by atoms with Gasteiger partial charge in [0, 0.05) is 17.5 Å². The van der Waals surface area contributed by atoms with Gasteiger partial charge in [-0.15, -0.1) is 11.8 Å². The fourth-order valence-corrected chi connectivity index (χ4v) is 4.11. The Morgan fingerprint density at radius 2 is 2.20 bits per heavy atom. The van der Waals surface area contributed by atoms with Crippen molar-refractivity contribution in [2.75, 3.05) is 18.0 Å². The first-order valence-electron chi connectivity index (χ1n) is 7.56. The number of fused-ring (bicyclic) bond motifs is 1. The zero-order chi connectivity index (χ0) is 13.9. The Labute approximate surface area is 125 Å². The van der Waals surface area contributed by atoms with E-state index < -0.39 is 0 Å². The first-order chi connectivity index (χ1) is 9.75. The number of thioether (sulfide) groups is 1. The summed E-state index contributed by atoms with van der Waals surface area (Å²) < 4.78 is 0. The van der Waals surface area contributed by atoms with Gasteiger partial charge in [-0.05, 0) is 44.9 Å². The van der Waals surface area contributed by atoms with Crippen molar-refractivity contribution in [1.29, 1.82) is 0 Å². The SMILES string of the molecule is CC1Sc2ccccc2N(CCC2CCCCN2)C1=O. The van der Waals surface area contributed by atoms with Crippen LogP contribution in [-0.4, -0.2) is 30.3 Å². The van der Waals surface area contributed by atoms with Crippen LogP contribution >= 0.6 is 11.8 Å². The van der Waals surface area contributed by atoms with Crippen LogP contribution in [0.4, 0.5) is 5.69 Å². The predicted octanol–water partition coefficient (Wildman–Crippen LogP) is 3.05. The molecule has 0 aromatic heterocycles. The number of carbonyl (C=O) groups is 1.